The van der Waals surface area contributed by atoms with Crippen molar-refractivity contribution in [2.45, 2.75) is 135 Å². The van der Waals surface area contributed by atoms with Crippen molar-refractivity contribution < 1.29 is 66.0 Å². The normalized spacial score (nSPS) is 17.3. The summed E-state index contributed by atoms with van der Waals surface area (Å²) < 4.78 is 56.8. The van der Waals surface area contributed by atoms with Crippen LogP contribution in [0.25, 0.3) is 44.6 Å². The van der Waals surface area contributed by atoms with Gasteiger partial charge in [0.1, 0.15) is 19.2 Å². The number of alkyl halides is 3. The first-order valence-corrected chi connectivity index (χ1v) is 34.3. The number of aliphatic carboxylic acids is 1. The smallest absolute Gasteiger partial charge is 0.430 e. The number of rotatable bonds is 13. The molecule has 0 saturated heterocycles. The minimum atomic E-state index is -5.19. The summed E-state index contributed by atoms with van der Waals surface area (Å²) in [6.45, 7) is 15.5. The number of para-hydroxylation sites is 2. The van der Waals surface area contributed by atoms with Crippen molar-refractivity contribution in [1.82, 2.24) is 29.3 Å². The molecule has 4 aromatic heterocycles. The summed E-state index contributed by atoms with van der Waals surface area (Å²) in [5.41, 5.74) is 12.4. The van der Waals surface area contributed by atoms with Gasteiger partial charge in [0.15, 0.2) is 0 Å². The molecule has 4 aliphatic heterocycles. The number of nitrogens with zero attached hydrogens (tertiary/aromatic N) is 5. The van der Waals surface area contributed by atoms with Gasteiger partial charge in [0.05, 0.1) is 74.2 Å². The summed E-state index contributed by atoms with van der Waals surface area (Å²) in [7, 11) is 0.0802. The van der Waals surface area contributed by atoms with Crippen molar-refractivity contribution in [2.24, 2.45) is 5.73 Å². The molecule has 20 nitrogen and oxygen atoms in total. The summed E-state index contributed by atoms with van der Waals surface area (Å²) >= 11 is 0. The minimum absolute atomic E-state index is 0.0982. The number of aromatic nitrogens is 4. The lowest BCUT2D eigenvalue weighted by Crippen LogP contribution is -2.47. The van der Waals surface area contributed by atoms with Gasteiger partial charge in [0.2, 0.25) is 11.2 Å². The van der Waals surface area contributed by atoms with Crippen molar-refractivity contribution in [3.8, 4) is 22.8 Å². The number of esters is 4. The van der Waals surface area contributed by atoms with Crippen LogP contribution < -0.4 is 27.3 Å². The maximum absolute atomic E-state index is 13.9. The number of benzene rings is 2. The Morgan fingerprint density at radius 3 is 1.45 bits per heavy atom. The van der Waals surface area contributed by atoms with Crippen LogP contribution in [0, 0.1) is 0 Å². The largest absolute Gasteiger partial charge is 0.542 e. The molecule has 10 rings (SSSR count). The molecule has 0 fully saturated rings. The van der Waals surface area contributed by atoms with Crippen LogP contribution in [0.1, 0.15) is 85.0 Å². The molecule has 8 heterocycles. The number of pyridine rings is 4. The Bertz CT molecular complexity index is 3830. The third kappa shape index (κ3) is 11.8. The first-order valence-electron chi connectivity index (χ1n) is 27.5. The number of hydrogen-bond acceptors (Lipinski definition) is 16. The van der Waals surface area contributed by atoms with Crippen LogP contribution in [0.5, 0.6) is 0 Å². The van der Waals surface area contributed by atoms with E-state index in [-0.39, 0.29) is 43.2 Å². The van der Waals surface area contributed by atoms with Gasteiger partial charge in [-0.25, -0.2) is 24.4 Å². The number of fused-ring (bicyclic) bond motifs is 10. The number of nitrogens with one attached hydrogen (secondary N) is 1. The van der Waals surface area contributed by atoms with E-state index >= 15 is 0 Å². The van der Waals surface area contributed by atoms with Crippen LogP contribution in [0.4, 0.5) is 18.0 Å². The Hall–Kier alpha value is -8.04. The molecule has 0 radical (unpaired) electrons. The Labute approximate surface area is 483 Å². The van der Waals surface area contributed by atoms with E-state index in [9.17, 15) is 46.7 Å². The minimum Gasteiger partial charge on any atom is -0.542 e. The third-order valence-electron chi connectivity index (χ3n) is 16.0. The lowest BCUT2D eigenvalue weighted by Gasteiger charge is -2.35. The zero-order valence-electron chi connectivity index (χ0n) is 48.5. The number of carboxylic acid groups (broad SMARTS) is 1. The number of ether oxygens (including phenoxy) is 4. The SMILES string of the molecule is CC[C@@]1(OC(C)=O)C(=O)OCc2c1cc1n(c2=O)Cc2c-1nc1ccccc1c2CC[Si](C)(C)CN.CC[C@@]1(OC(C)=O)C(=O)OCc2c1cc1n(c2=O)Cc2c-1nc1ccccc1c2CC[Si](C)(C)CNC(=O)N(C)C.O=C([O-])C(F)(F)F. The molecule has 0 aliphatic carbocycles. The number of carbonyl (C=O) groups excluding carboxylic acids is 6. The quantitative estimate of drug-likeness (QED) is 0.0717. The van der Waals surface area contributed by atoms with Crippen LogP contribution in [-0.2, 0) is 93.3 Å². The molecule has 0 bridgehead atoms. The fourth-order valence-corrected chi connectivity index (χ4v) is 14.1. The van der Waals surface area contributed by atoms with Crippen molar-refractivity contribution in [1.29, 1.82) is 0 Å². The Balaban J connectivity index is 0.000000198. The van der Waals surface area contributed by atoms with E-state index < -0.39 is 63.4 Å². The van der Waals surface area contributed by atoms with Gasteiger partial charge < -0.3 is 53.9 Å². The highest BCUT2D eigenvalue weighted by Gasteiger charge is 2.52. The monoisotopic (exact) mass is 1190 g/mol. The van der Waals surface area contributed by atoms with Crippen LogP contribution in [0.2, 0.25) is 38.3 Å². The van der Waals surface area contributed by atoms with E-state index in [4.69, 9.17) is 44.6 Å². The van der Waals surface area contributed by atoms with Crippen LogP contribution in [0.3, 0.4) is 0 Å². The van der Waals surface area contributed by atoms with Crippen molar-refractivity contribution in [3.05, 3.63) is 126 Å². The van der Waals surface area contributed by atoms with E-state index in [1.165, 1.54) is 24.3 Å². The van der Waals surface area contributed by atoms with Gasteiger partial charge in [-0.3, -0.25) is 19.2 Å². The molecule has 0 spiro atoms. The summed E-state index contributed by atoms with van der Waals surface area (Å²) in [5.74, 6) is -5.58. The number of carbonyl (C=O) groups is 6. The van der Waals surface area contributed by atoms with E-state index in [2.05, 4.69) is 43.6 Å². The second-order valence-corrected chi connectivity index (χ2v) is 33.5. The van der Waals surface area contributed by atoms with Gasteiger partial charge in [-0.1, -0.05) is 88.5 Å². The Morgan fingerprint density at radius 2 is 1.10 bits per heavy atom. The average Bonchev–Trinajstić information content (AvgIpc) is 1.51. The maximum atomic E-state index is 13.9. The zero-order chi connectivity index (χ0) is 61.6. The van der Waals surface area contributed by atoms with E-state index in [0.29, 0.717) is 64.8 Å². The number of aryl methyl sites for hydroxylation is 2. The molecule has 0 unspecified atom stereocenters. The summed E-state index contributed by atoms with van der Waals surface area (Å²) in [6, 6.07) is 21.4. The highest BCUT2D eigenvalue weighted by Crippen LogP contribution is 2.45. The van der Waals surface area contributed by atoms with Gasteiger partial charge in [-0.2, -0.15) is 13.2 Å². The van der Waals surface area contributed by atoms with Crippen LogP contribution in [-0.4, -0.2) is 109 Å². The second kappa shape index (κ2) is 23.5. The number of hydrogen-bond donors (Lipinski definition) is 2. The molecular formula is C59H67F3N7O13Si2-. The van der Waals surface area contributed by atoms with Crippen molar-refractivity contribution in [3.63, 3.8) is 0 Å². The standard InChI is InChI=1S/C30H36N4O6Si.C27H31N3O5Si.C2HF3O2/c1-7-30(40-18(2)35)23-14-25-26-21(15-34(25)27(36)22(23)16-39-28(30)37)19(20-10-8-9-11-24(20)32-26)12-13-41(5,6)17-31-29(38)33(3)4;1-5-27(35-16(2)31)21-12-23-24-19(13-30(23)25(32)20(21)14-34-26(27)33)17(10-11-36(3,4)15-28)18-8-6-7-9-22(18)29-24;3-2(4,5)1(6)7/h8-11,14H,7,12-13,15-17H2,1-6H3,(H,31,38);6-9,12H,5,10-11,13-15,28H2,1-4H3;(H,6,7)/p-1/t30-;27-;/m00./s1. The number of urea groups is 1. The van der Waals surface area contributed by atoms with Gasteiger partial charge in [-0.15, -0.1) is 0 Å². The molecule has 2 amide bonds. The summed E-state index contributed by atoms with van der Waals surface area (Å²) in [4.78, 5) is 110. The number of nitrogens with two attached hydrogens (primary N) is 1. The van der Waals surface area contributed by atoms with E-state index in [0.717, 1.165) is 69.1 Å². The molecule has 446 valence electrons. The molecule has 6 aromatic rings. The maximum Gasteiger partial charge on any atom is 0.430 e. The highest BCUT2D eigenvalue weighted by molar-refractivity contribution is 6.78. The fraction of sp³-hybridized carbons (Fsp3) is 0.424. The summed E-state index contributed by atoms with van der Waals surface area (Å²) in [6.07, 6.45) is -1.90. The average molecular weight is 1200 g/mol. The topological polar surface area (TPSA) is 273 Å². The van der Waals surface area contributed by atoms with Crippen molar-refractivity contribution in [2.75, 3.05) is 26.4 Å². The zero-order valence-corrected chi connectivity index (χ0v) is 50.5. The van der Waals surface area contributed by atoms with Gasteiger partial charge in [0, 0.05) is 67.1 Å². The molecule has 3 N–H and O–H groups in total. The molecule has 4 aliphatic rings. The molecule has 0 saturated carbocycles. The predicted octanol–water partition coefficient (Wildman–Crippen LogP) is 6.41. The molecule has 2 aromatic carbocycles. The Kier molecular flexibility index (Phi) is 17.4. The van der Waals surface area contributed by atoms with Gasteiger partial charge in [-0.05, 0) is 67.2 Å². The fourth-order valence-electron chi connectivity index (χ4n) is 11.2. The van der Waals surface area contributed by atoms with Crippen molar-refractivity contribution >= 4 is 73.8 Å². The van der Waals surface area contributed by atoms with E-state index in [1.807, 2.05) is 36.4 Å². The predicted molar refractivity (Wildman–Crippen MR) is 307 cm³/mol. The molecule has 84 heavy (non-hydrogen) atoms. The number of carboxylic acids is 1. The lowest BCUT2D eigenvalue weighted by molar-refractivity contribution is -0.344. The molecule has 2 atom stereocenters. The van der Waals surface area contributed by atoms with Gasteiger partial charge >= 0.3 is 36.1 Å². The van der Waals surface area contributed by atoms with Gasteiger partial charge in [0.25, 0.3) is 11.1 Å². The molecule has 25 heteroatoms. The first kappa shape index (κ1) is 62.0. The number of cyclic esters (lactones) is 2. The van der Waals surface area contributed by atoms with Crippen LogP contribution in [0.15, 0.2) is 70.3 Å². The van der Waals surface area contributed by atoms with E-state index in [1.54, 1.807) is 49.2 Å². The molecular weight excluding hydrogens is 1130 g/mol. The first-order chi connectivity index (χ1) is 39.4. The summed E-state index contributed by atoms with van der Waals surface area (Å²) in [5, 5.41) is 14.0. The van der Waals surface area contributed by atoms with Crippen LogP contribution >= 0.6 is 0 Å². The Morgan fingerprint density at radius 1 is 0.702 bits per heavy atom. The third-order valence-corrected chi connectivity index (χ3v) is 21.5. The lowest BCUT2D eigenvalue weighted by atomic mass is 9.85. The second-order valence-electron chi connectivity index (χ2n) is 23.1. The number of amides is 2. The highest BCUT2D eigenvalue weighted by atomic mass is 28.3. The number of halogens is 3.